The van der Waals surface area contributed by atoms with Gasteiger partial charge in [0.1, 0.15) is 0 Å². The molecule has 3 rings (SSSR count). The fourth-order valence-corrected chi connectivity index (χ4v) is 2.70. The number of hydrogen-bond acceptors (Lipinski definition) is 0. The van der Waals surface area contributed by atoms with E-state index in [9.17, 15) is 0 Å². The minimum atomic E-state index is 1.23. The van der Waals surface area contributed by atoms with Gasteiger partial charge in [0.15, 0.2) is 0 Å². The van der Waals surface area contributed by atoms with Gasteiger partial charge in [0, 0.05) is 0 Å². The fraction of sp³-hybridized carbons (Fsp3) is 0.286. The van der Waals surface area contributed by atoms with Crippen LogP contribution in [-0.4, -0.2) is 0 Å². The topological polar surface area (TPSA) is 0 Å². The van der Waals surface area contributed by atoms with Crippen molar-refractivity contribution in [3.63, 3.8) is 0 Å². The summed E-state index contributed by atoms with van der Waals surface area (Å²) in [6.45, 7) is 4.43. The highest BCUT2D eigenvalue weighted by Gasteiger charge is 2.15. The molecule has 0 saturated carbocycles. The molecule has 0 radical (unpaired) electrons. The molecular weight excluding hydrogens is 168 g/mol. The van der Waals surface area contributed by atoms with Crippen molar-refractivity contribution in [2.45, 2.75) is 26.7 Å². The zero-order chi connectivity index (χ0) is 9.71. The van der Waals surface area contributed by atoms with E-state index < -0.39 is 0 Å². The van der Waals surface area contributed by atoms with Gasteiger partial charge in [0.2, 0.25) is 0 Å². The van der Waals surface area contributed by atoms with Crippen LogP contribution in [0.3, 0.4) is 0 Å². The molecular formula is C14H14. The molecule has 1 aliphatic rings. The SMILES string of the molecule is Cc1ccc2c3c(ccc(C)c13)CC2. The average molecular weight is 182 g/mol. The quantitative estimate of drug-likeness (QED) is 0.584. The van der Waals surface area contributed by atoms with Crippen molar-refractivity contribution in [3.05, 3.63) is 46.5 Å². The van der Waals surface area contributed by atoms with Gasteiger partial charge in [-0.1, -0.05) is 24.3 Å². The van der Waals surface area contributed by atoms with Gasteiger partial charge in [-0.25, -0.2) is 0 Å². The third kappa shape index (κ3) is 0.886. The Morgan fingerprint density at radius 1 is 0.714 bits per heavy atom. The smallest absolute Gasteiger partial charge is 0.0114 e. The normalized spacial score (nSPS) is 13.9. The van der Waals surface area contributed by atoms with E-state index in [0.717, 1.165) is 0 Å². The lowest BCUT2D eigenvalue weighted by Crippen LogP contribution is -1.86. The van der Waals surface area contributed by atoms with Crippen LogP contribution in [0.4, 0.5) is 0 Å². The first-order chi connectivity index (χ1) is 6.77. The lowest BCUT2D eigenvalue weighted by Gasteiger charge is -2.08. The van der Waals surface area contributed by atoms with E-state index in [1.165, 1.54) is 29.4 Å². The van der Waals surface area contributed by atoms with Crippen LogP contribution in [0.2, 0.25) is 0 Å². The van der Waals surface area contributed by atoms with E-state index in [2.05, 4.69) is 38.1 Å². The van der Waals surface area contributed by atoms with Crippen molar-refractivity contribution in [2.75, 3.05) is 0 Å². The number of benzene rings is 2. The number of hydrogen-bond donors (Lipinski definition) is 0. The number of rotatable bonds is 0. The maximum Gasteiger partial charge on any atom is -0.0114 e. The minimum absolute atomic E-state index is 1.23. The summed E-state index contributed by atoms with van der Waals surface area (Å²) in [6, 6.07) is 9.13. The Morgan fingerprint density at radius 2 is 1.21 bits per heavy atom. The highest BCUT2D eigenvalue weighted by molar-refractivity contribution is 5.95. The van der Waals surface area contributed by atoms with Crippen LogP contribution in [0.1, 0.15) is 22.3 Å². The summed E-state index contributed by atoms with van der Waals surface area (Å²) in [4.78, 5) is 0. The van der Waals surface area contributed by atoms with E-state index in [1.54, 1.807) is 16.5 Å². The molecule has 70 valence electrons. The summed E-state index contributed by atoms with van der Waals surface area (Å²) in [6.07, 6.45) is 2.46. The van der Waals surface area contributed by atoms with Gasteiger partial charge in [0.05, 0.1) is 0 Å². The Hall–Kier alpha value is -1.30. The Bertz CT molecular complexity index is 476. The van der Waals surface area contributed by atoms with Crippen molar-refractivity contribution in [3.8, 4) is 0 Å². The summed E-state index contributed by atoms with van der Waals surface area (Å²) >= 11 is 0. The van der Waals surface area contributed by atoms with Gasteiger partial charge in [-0.2, -0.15) is 0 Å². The average Bonchev–Trinajstić information content (AvgIpc) is 2.58. The van der Waals surface area contributed by atoms with Gasteiger partial charge >= 0.3 is 0 Å². The monoisotopic (exact) mass is 182 g/mol. The van der Waals surface area contributed by atoms with Crippen molar-refractivity contribution in [1.82, 2.24) is 0 Å². The largest absolute Gasteiger partial charge is 0.0584 e. The lowest BCUT2D eigenvalue weighted by molar-refractivity contribution is 1.02. The molecule has 0 spiro atoms. The molecule has 0 unspecified atom stereocenters. The van der Waals surface area contributed by atoms with Crippen molar-refractivity contribution in [2.24, 2.45) is 0 Å². The second kappa shape index (κ2) is 2.60. The Kier molecular flexibility index (Phi) is 1.49. The molecule has 2 aromatic rings. The van der Waals surface area contributed by atoms with E-state index in [1.807, 2.05) is 0 Å². The van der Waals surface area contributed by atoms with Crippen LogP contribution in [-0.2, 0) is 12.8 Å². The van der Waals surface area contributed by atoms with E-state index in [4.69, 9.17) is 0 Å². The predicted molar refractivity (Wildman–Crippen MR) is 60.8 cm³/mol. The molecule has 0 fully saturated rings. The lowest BCUT2D eigenvalue weighted by atomic mass is 9.97. The molecule has 0 N–H and O–H groups in total. The molecule has 1 aliphatic carbocycles. The first kappa shape index (κ1) is 8.05. The second-order valence-electron chi connectivity index (χ2n) is 4.33. The molecule has 0 bridgehead atoms. The van der Waals surface area contributed by atoms with Crippen LogP contribution < -0.4 is 0 Å². The molecule has 2 aromatic carbocycles. The van der Waals surface area contributed by atoms with E-state index >= 15 is 0 Å². The standard InChI is InChI=1S/C14H14/c1-9-3-5-11-7-8-12-6-4-10(2)13(9)14(11)12/h3-6H,7-8H2,1-2H3. The highest BCUT2D eigenvalue weighted by Crippen LogP contribution is 2.34. The second-order valence-corrected chi connectivity index (χ2v) is 4.33. The summed E-state index contributed by atoms with van der Waals surface area (Å²) in [5, 5.41) is 3.04. The minimum Gasteiger partial charge on any atom is -0.0584 e. The van der Waals surface area contributed by atoms with Gasteiger partial charge in [0.25, 0.3) is 0 Å². The molecule has 0 aliphatic heterocycles. The van der Waals surface area contributed by atoms with Crippen LogP contribution in [0, 0.1) is 13.8 Å². The molecule has 0 atom stereocenters. The van der Waals surface area contributed by atoms with Crippen molar-refractivity contribution < 1.29 is 0 Å². The highest BCUT2D eigenvalue weighted by atomic mass is 14.2. The van der Waals surface area contributed by atoms with E-state index in [0.29, 0.717) is 0 Å². The first-order valence-corrected chi connectivity index (χ1v) is 5.28. The zero-order valence-corrected chi connectivity index (χ0v) is 8.72. The van der Waals surface area contributed by atoms with Crippen molar-refractivity contribution >= 4 is 10.8 Å². The summed E-state index contributed by atoms with van der Waals surface area (Å²) in [5.74, 6) is 0. The summed E-state index contributed by atoms with van der Waals surface area (Å²) in [7, 11) is 0. The van der Waals surface area contributed by atoms with Gasteiger partial charge < -0.3 is 0 Å². The molecule has 0 heteroatoms. The van der Waals surface area contributed by atoms with E-state index in [-0.39, 0.29) is 0 Å². The van der Waals surface area contributed by atoms with Gasteiger partial charge in [-0.3, -0.25) is 0 Å². The molecule has 0 amide bonds. The molecule has 0 heterocycles. The van der Waals surface area contributed by atoms with Crippen LogP contribution >= 0.6 is 0 Å². The first-order valence-electron chi connectivity index (χ1n) is 5.28. The molecule has 14 heavy (non-hydrogen) atoms. The third-order valence-electron chi connectivity index (χ3n) is 3.41. The molecule has 0 aromatic heterocycles. The van der Waals surface area contributed by atoms with Gasteiger partial charge in [-0.15, -0.1) is 0 Å². The molecule has 0 nitrogen and oxygen atoms in total. The molecule has 0 saturated heterocycles. The fourth-order valence-electron chi connectivity index (χ4n) is 2.70. The van der Waals surface area contributed by atoms with Crippen LogP contribution in [0.25, 0.3) is 10.8 Å². The number of aryl methyl sites for hydroxylation is 4. The summed E-state index contributed by atoms with van der Waals surface area (Å²) in [5.41, 5.74) is 5.93. The van der Waals surface area contributed by atoms with Crippen LogP contribution in [0.15, 0.2) is 24.3 Å². The Labute approximate surface area is 84.6 Å². The van der Waals surface area contributed by atoms with Crippen LogP contribution in [0.5, 0.6) is 0 Å². The maximum absolute atomic E-state index is 2.30. The Morgan fingerprint density at radius 3 is 1.71 bits per heavy atom. The van der Waals surface area contributed by atoms with Crippen molar-refractivity contribution in [1.29, 1.82) is 0 Å². The maximum atomic E-state index is 2.30. The summed E-state index contributed by atoms with van der Waals surface area (Å²) < 4.78 is 0. The predicted octanol–water partition coefficient (Wildman–Crippen LogP) is 3.56. The third-order valence-corrected chi connectivity index (χ3v) is 3.41. The van der Waals surface area contributed by atoms with Gasteiger partial charge in [-0.05, 0) is 59.7 Å². The zero-order valence-electron chi connectivity index (χ0n) is 8.72. The Balaban J connectivity index is 2.60.